The minimum atomic E-state index is -0.0134. The van der Waals surface area contributed by atoms with Crippen molar-refractivity contribution in [3.8, 4) is 0 Å². The fraction of sp³-hybridized carbons (Fsp3) is 0.304. The van der Waals surface area contributed by atoms with Crippen LogP contribution < -0.4 is 0 Å². The van der Waals surface area contributed by atoms with Crippen molar-refractivity contribution in [1.29, 1.82) is 0 Å². The van der Waals surface area contributed by atoms with Crippen molar-refractivity contribution in [1.82, 2.24) is 0 Å². The van der Waals surface area contributed by atoms with Crippen LogP contribution in [0.25, 0.3) is 0 Å². The molecule has 0 heterocycles. The molecule has 2 aromatic carbocycles. The summed E-state index contributed by atoms with van der Waals surface area (Å²) in [6.45, 7) is 9.09. The van der Waals surface area contributed by atoms with Gasteiger partial charge in [0, 0.05) is 0 Å². The Labute approximate surface area is 149 Å². The van der Waals surface area contributed by atoms with Crippen molar-refractivity contribution in [3.05, 3.63) is 83.3 Å². The molecule has 0 N–H and O–H groups in total. The number of hydrogen-bond donors (Lipinski definition) is 0. The van der Waals surface area contributed by atoms with Gasteiger partial charge in [0.15, 0.2) is 14.7 Å². The molecule has 0 radical (unpaired) electrons. The van der Waals surface area contributed by atoms with E-state index in [9.17, 15) is 0 Å². The first-order valence-electron chi connectivity index (χ1n) is 8.73. The van der Waals surface area contributed by atoms with Gasteiger partial charge >= 0.3 is 0 Å². The van der Waals surface area contributed by atoms with Crippen LogP contribution in [0.3, 0.4) is 0 Å². The van der Waals surface area contributed by atoms with Crippen molar-refractivity contribution in [2.24, 2.45) is 5.92 Å². The molecule has 124 valence electrons. The van der Waals surface area contributed by atoms with E-state index in [0.29, 0.717) is 5.92 Å². The zero-order valence-electron chi connectivity index (χ0n) is 15.1. The van der Waals surface area contributed by atoms with Crippen molar-refractivity contribution >= 4 is 10.9 Å². The number of allylic oxidation sites excluding steroid dienone is 3. The van der Waals surface area contributed by atoms with Gasteiger partial charge in [-0.05, 0) is 59.7 Å². The molecule has 0 spiro atoms. The summed E-state index contributed by atoms with van der Waals surface area (Å²) >= 11 is 0. The maximum atomic E-state index is 2.43. The number of benzene rings is 2. The molecule has 1 aliphatic carbocycles. The molecule has 0 amide bonds. The van der Waals surface area contributed by atoms with Gasteiger partial charge < -0.3 is 0 Å². The van der Waals surface area contributed by atoms with Crippen molar-refractivity contribution in [3.63, 3.8) is 0 Å². The standard InChI is InChI=1S/C23H27S/c1-18-10-14-21(15-11-18)24(20-8-6-5-7-9-20)22-16-12-19(13-17-22)23(2,3)4/h5-10,12-18H,11H2,1-4H3/q+1. The lowest BCUT2D eigenvalue weighted by Gasteiger charge is -2.19. The summed E-state index contributed by atoms with van der Waals surface area (Å²) < 4.78 is 0. The molecule has 0 fully saturated rings. The summed E-state index contributed by atoms with van der Waals surface area (Å²) in [6.07, 6.45) is 8.25. The van der Waals surface area contributed by atoms with E-state index in [1.54, 1.807) is 0 Å². The van der Waals surface area contributed by atoms with Gasteiger partial charge in [-0.2, -0.15) is 0 Å². The molecule has 0 saturated heterocycles. The average Bonchev–Trinajstić information content (AvgIpc) is 2.58. The Morgan fingerprint density at radius 3 is 2.04 bits per heavy atom. The normalized spacial score (nSPS) is 19.0. The third-order valence-corrected chi connectivity index (χ3v) is 6.71. The van der Waals surface area contributed by atoms with E-state index in [0.717, 1.165) is 6.42 Å². The van der Waals surface area contributed by atoms with E-state index in [4.69, 9.17) is 0 Å². The van der Waals surface area contributed by atoms with Gasteiger partial charge in [-0.15, -0.1) is 0 Å². The van der Waals surface area contributed by atoms with E-state index in [1.807, 2.05) is 0 Å². The lowest BCUT2D eigenvalue weighted by Crippen LogP contribution is -2.12. The summed E-state index contributed by atoms with van der Waals surface area (Å²) in [5.41, 5.74) is 1.59. The van der Waals surface area contributed by atoms with E-state index in [2.05, 4.69) is 101 Å². The summed E-state index contributed by atoms with van der Waals surface area (Å²) in [6, 6.07) is 20.2. The Morgan fingerprint density at radius 2 is 1.50 bits per heavy atom. The summed E-state index contributed by atoms with van der Waals surface area (Å²) in [4.78, 5) is 4.24. The van der Waals surface area contributed by atoms with E-state index in [-0.39, 0.29) is 16.3 Å². The Morgan fingerprint density at radius 1 is 0.875 bits per heavy atom. The molecule has 0 saturated carbocycles. The third kappa shape index (κ3) is 3.84. The van der Waals surface area contributed by atoms with Crippen LogP contribution in [0.1, 0.15) is 39.7 Å². The van der Waals surface area contributed by atoms with Crippen LogP contribution in [0.2, 0.25) is 0 Å². The highest BCUT2D eigenvalue weighted by Crippen LogP contribution is 2.34. The summed E-state index contributed by atoms with van der Waals surface area (Å²) in [5.74, 6) is 0.651. The predicted molar refractivity (Wildman–Crippen MR) is 106 cm³/mol. The lowest BCUT2D eigenvalue weighted by atomic mass is 9.87. The number of rotatable bonds is 3. The molecule has 2 unspecified atom stereocenters. The van der Waals surface area contributed by atoms with Crippen LogP contribution in [-0.4, -0.2) is 0 Å². The highest BCUT2D eigenvalue weighted by Gasteiger charge is 2.31. The molecular formula is C23H27S+. The van der Waals surface area contributed by atoms with E-state index in [1.165, 1.54) is 20.3 Å². The van der Waals surface area contributed by atoms with Gasteiger partial charge in [-0.1, -0.05) is 64.1 Å². The maximum Gasteiger partial charge on any atom is 0.166 e. The SMILES string of the molecule is CC1C=CC([S+](c2ccccc2)c2ccc(C(C)(C)C)cc2)=CC1. The second-order valence-electron chi connectivity index (χ2n) is 7.57. The molecular weight excluding hydrogens is 308 g/mol. The predicted octanol–water partition coefficient (Wildman–Crippen LogP) is 6.50. The minimum Gasteiger partial charge on any atom is -0.0764 e. The fourth-order valence-electron chi connectivity index (χ4n) is 2.91. The van der Waals surface area contributed by atoms with E-state index < -0.39 is 0 Å². The van der Waals surface area contributed by atoms with Crippen molar-refractivity contribution < 1.29 is 0 Å². The van der Waals surface area contributed by atoms with Crippen LogP contribution in [0.5, 0.6) is 0 Å². The first kappa shape index (κ1) is 17.1. The monoisotopic (exact) mass is 335 g/mol. The smallest absolute Gasteiger partial charge is 0.0764 e. The second-order valence-corrected chi connectivity index (χ2v) is 9.60. The first-order valence-corrected chi connectivity index (χ1v) is 9.96. The van der Waals surface area contributed by atoms with Crippen LogP contribution in [0.4, 0.5) is 0 Å². The van der Waals surface area contributed by atoms with E-state index >= 15 is 0 Å². The maximum absolute atomic E-state index is 2.43. The van der Waals surface area contributed by atoms with Crippen LogP contribution >= 0.6 is 0 Å². The molecule has 2 aromatic rings. The minimum absolute atomic E-state index is 0.0134. The van der Waals surface area contributed by atoms with Gasteiger partial charge in [0.05, 0.1) is 10.9 Å². The first-order chi connectivity index (χ1) is 11.4. The Kier molecular flexibility index (Phi) is 5.01. The van der Waals surface area contributed by atoms with Gasteiger partial charge in [0.25, 0.3) is 0 Å². The average molecular weight is 336 g/mol. The Hall–Kier alpha value is -1.73. The van der Waals surface area contributed by atoms with Crippen molar-refractivity contribution in [2.75, 3.05) is 0 Å². The van der Waals surface area contributed by atoms with Gasteiger partial charge in [-0.25, -0.2) is 0 Å². The second kappa shape index (κ2) is 7.03. The number of hydrogen-bond acceptors (Lipinski definition) is 0. The fourth-order valence-corrected chi connectivity index (χ4v) is 5.05. The highest BCUT2D eigenvalue weighted by atomic mass is 32.2. The third-order valence-electron chi connectivity index (χ3n) is 4.45. The zero-order chi connectivity index (χ0) is 17.2. The summed E-state index contributed by atoms with van der Waals surface area (Å²) in [7, 11) is -0.0134. The van der Waals surface area contributed by atoms with Gasteiger partial charge in [0.2, 0.25) is 0 Å². The largest absolute Gasteiger partial charge is 0.166 e. The highest BCUT2D eigenvalue weighted by molar-refractivity contribution is 8.00. The van der Waals surface area contributed by atoms with Crippen LogP contribution in [0.15, 0.2) is 87.5 Å². The quantitative estimate of drug-likeness (QED) is 0.562. The van der Waals surface area contributed by atoms with Crippen molar-refractivity contribution in [2.45, 2.75) is 49.3 Å². The lowest BCUT2D eigenvalue weighted by molar-refractivity contribution is 0.589. The summed E-state index contributed by atoms with van der Waals surface area (Å²) in [5, 5.41) is 0. The van der Waals surface area contributed by atoms with Crippen LogP contribution in [0, 0.1) is 5.92 Å². The van der Waals surface area contributed by atoms with Gasteiger partial charge in [-0.3, -0.25) is 0 Å². The van der Waals surface area contributed by atoms with Gasteiger partial charge in [0.1, 0.15) is 0 Å². The topological polar surface area (TPSA) is 0 Å². The Balaban J connectivity index is 2.01. The molecule has 1 aliphatic rings. The zero-order valence-corrected chi connectivity index (χ0v) is 15.9. The molecule has 24 heavy (non-hydrogen) atoms. The molecule has 0 aliphatic heterocycles. The molecule has 1 heteroatoms. The molecule has 0 bridgehead atoms. The van der Waals surface area contributed by atoms with Crippen LogP contribution in [-0.2, 0) is 16.3 Å². The Bertz CT molecular complexity index is 730. The molecule has 0 aromatic heterocycles. The molecule has 0 nitrogen and oxygen atoms in total. The molecule has 3 rings (SSSR count). The molecule has 2 atom stereocenters.